The van der Waals surface area contributed by atoms with E-state index in [4.69, 9.17) is 0 Å². The smallest absolute Gasteiger partial charge is 0.00669 e. The quantitative estimate of drug-likeness (QED) is 0.658. The number of hydrogen-bond donors (Lipinski definition) is 1. The average molecular weight is 155 g/mol. The van der Waals surface area contributed by atoms with Gasteiger partial charge in [-0.25, -0.2) is 0 Å². The average Bonchev–Trinajstić information content (AvgIpc) is 2.52. The molecule has 1 nitrogen and oxygen atoms in total. The van der Waals surface area contributed by atoms with Crippen molar-refractivity contribution >= 4 is 0 Å². The van der Waals surface area contributed by atoms with Crippen molar-refractivity contribution in [3.05, 3.63) is 0 Å². The van der Waals surface area contributed by atoms with Crippen molar-refractivity contribution in [2.75, 3.05) is 6.54 Å². The van der Waals surface area contributed by atoms with Crippen LogP contribution in [0.5, 0.6) is 0 Å². The summed E-state index contributed by atoms with van der Waals surface area (Å²) in [6.45, 7) is 5.76. The highest BCUT2D eigenvalue weighted by atomic mass is 14.9. The summed E-state index contributed by atoms with van der Waals surface area (Å²) in [6, 6.07) is 0.762. The molecule has 0 bridgehead atoms. The van der Waals surface area contributed by atoms with Crippen LogP contribution in [0.3, 0.4) is 0 Å². The SMILES string of the molecule is CCCN[C@H](C)C1CCCC1. The first-order valence-electron chi connectivity index (χ1n) is 5.08. The second-order valence-electron chi connectivity index (χ2n) is 3.79. The van der Waals surface area contributed by atoms with Crippen LogP contribution in [0.25, 0.3) is 0 Å². The van der Waals surface area contributed by atoms with Crippen LogP contribution >= 0.6 is 0 Å². The van der Waals surface area contributed by atoms with Crippen LogP contribution in [0.15, 0.2) is 0 Å². The van der Waals surface area contributed by atoms with Gasteiger partial charge in [0.15, 0.2) is 0 Å². The predicted molar refractivity (Wildman–Crippen MR) is 49.7 cm³/mol. The van der Waals surface area contributed by atoms with Crippen molar-refractivity contribution in [1.82, 2.24) is 5.32 Å². The summed E-state index contributed by atoms with van der Waals surface area (Å²) in [6.07, 6.45) is 7.10. The third kappa shape index (κ3) is 2.82. The molecule has 0 heterocycles. The standard InChI is InChI=1S/C10H21N/c1-3-8-11-9(2)10-6-4-5-7-10/h9-11H,3-8H2,1-2H3/t9-/m1/s1. The van der Waals surface area contributed by atoms with Gasteiger partial charge in [0.1, 0.15) is 0 Å². The molecule has 0 aromatic carbocycles. The molecule has 0 aliphatic heterocycles. The first kappa shape index (κ1) is 9.05. The molecule has 0 saturated heterocycles. The lowest BCUT2D eigenvalue weighted by atomic mass is 10.00. The van der Waals surface area contributed by atoms with Gasteiger partial charge in [-0.2, -0.15) is 0 Å². The third-order valence-corrected chi connectivity index (χ3v) is 2.82. The fourth-order valence-corrected chi connectivity index (χ4v) is 2.00. The first-order valence-corrected chi connectivity index (χ1v) is 5.08. The molecule has 0 unspecified atom stereocenters. The Labute approximate surface area is 70.6 Å². The normalized spacial score (nSPS) is 22.4. The molecule has 1 rings (SSSR count). The van der Waals surface area contributed by atoms with Gasteiger partial charge in [-0.3, -0.25) is 0 Å². The molecule has 66 valence electrons. The highest BCUT2D eigenvalue weighted by Gasteiger charge is 2.20. The maximum Gasteiger partial charge on any atom is 0.00669 e. The highest BCUT2D eigenvalue weighted by molar-refractivity contribution is 4.76. The summed E-state index contributed by atoms with van der Waals surface area (Å²) in [7, 11) is 0. The van der Waals surface area contributed by atoms with Gasteiger partial charge in [0.2, 0.25) is 0 Å². The lowest BCUT2D eigenvalue weighted by Crippen LogP contribution is -2.32. The number of hydrogen-bond acceptors (Lipinski definition) is 1. The van der Waals surface area contributed by atoms with E-state index in [1.807, 2.05) is 0 Å². The van der Waals surface area contributed by atoms with Gasteiger partial charge in [0.05, 0.1) is 0 Å². The van der Waals surface area contributed by atoms with Crippen LogP contribution in [0.2, 0.25) is 0 Å². The zero-order valence-electron chi connectivity index (χ0n) is 7.90. The molecule has 1 heteroatoms. The Balaban J connectivity index is 2.12. The molecular weight excluding hydrogens is 134 g/mol. The van der Waals surface area contributed by atoms with Crippen LogP contribution in [-0.4, -0.2) is 12.6 Å². The third-order valence-electron chi connectivity index (χ3n) is 2.82. The van der Waals surface area contributed by atoms with Crippen molar-refractivity contribution < 1.29 is 0 Å². The van der Waals surface area contributed by atoms with Crippen LogP contribution in [0.1, 0.15) is 46.0 Å². The molecule has 1 aliphatic carbocycles. The lowest BCUT2D eigenvalue weighted by molar-refractivity contribution is 0.382. The minimum Gasteiger partial charge on any atom is -0.314 e. The van der Waals surface area contributed by atoms with Crippen molar-refractivity contribution in [2.24, 2.45) is 5.92 Å². The Hall–Kier alpha value is -0.0400. The Kier molecular flexibility index (Phi) is 3.92. The van der Waals surface area contributed by atoms with E-state index in [-0.39, 0.29) is 0 Å². The summed E-state index contributed by atoms with van der Waals surface area (Å²) in [5, 5.41) is 3.57. The monoisotopic (exact) mass is 155 g/mol. The predicted octanol–water partition coefficient (Wildman–Crippen LogP) is 2.56. The molecule has 1 saturated carbocycles. The molecule has 11 heavy (non-hydrogen) atoms. The Morgan fingerprint density at radius 2 is 2.00 bits per heavy atom. The minimum atomic E-state index is 0.762. The molecule has 0 aromatic rings. The highest BCUT2D eigenvalue weighted by Crippen LogP contribution is 2.27. The van der Waals surface area contributed by atoms with Crippen LogP contribution in [-0.2, 0) is 0 Å². The summed E-state index contributed by atoms with van der Waals surface area (Å²) >= 11 is 0. The van der Waals surface area contributed by atoms with Crippen molar-refractivity contribution in [3.8, 4) is 0 Å². The van der Waals surface area contributed by atoms with E-state index >= 15 is 0 Å². The Morgan fingerprint density at radius 3 is 2.55 bits per heavy atom. The van der Waals surface area contributed by atoms with E-state index in [1.165, 1.54) is 38.6 Å². The van der Waals surface area contributed by atoms with E-state index < -0.39 is 0 Å². The maximum absolute atomic E-state index is 3.57. The molecule has 1 fully saturated rings. The zero-order valence-corrected chi connectivity index (χ0v) is 7.90. The maximum atomic E-state index is 3.57. The minimum absolute atomic E-state index is 0.762. The fourth-order valence-electron chi connectivity index (χ4n) is 2.00. The van der Waals surface area contributed by atoms with Gasteiger partial charge >= 0.3 is 0 Å². The van der Waals surface area contributed by atoms with E-state index in [1.54, 1.807) is 0 Å². The van der Waals surface area contributed by atoms with E-state index in [0.29, 0.717) is 0 Å². The summed E-state index contributed by atoms with van der Waals surface area (Å²) < 4.78 is 0. The summed E-state index contributed by atoms with van der Waals surface area (Å²) in [5.41, 5.74) is 0. The van der Waals surface area contributed by atoms with Gasteiger partial charge in [0.25, 0.3) is 0 Å². The molecule has 0 aromatic heterocycles. The second kappa shape index (κ2) is 4.76. The molecule has 0 amide bonds. The molecule has 1 atom stereocenters. The number of rotatable bonds is 4. The van der Waals surface area contributed by atoms with Gasteiger partial charge < -0.3 is 5.32 Å². The fraction of sp³-hybridized carbons (Fsp3) is 1.00. The topological polar surface area (TPSA) is 12.0 Å². The second-order valence-corrected chi connectivity index (χ2v) is 3.79. The van der Waals surface area contributed by atoms with Crippen molar-refractivity contribution in [2.45, 2.75) is 52.0 Å². The lowest BCUT2D eigenvalue weighted by Gasteiger charge is -2.19. The summed E-state index contributed by atoms with van der Waals surface area (Å²) in [5.74, 6) is 0.974. The van der Waals surface area contributed by atoms with Gasteiger partial charge in [0, 0.05) is 6.04 Å². The summed E-state index contributed by atoms with van der Waals surface area (Å²) in [4.78, 5) is 0. The van der Waals surface area contributed by atoms with Gasteiger partial charge in [-0.05, 0) is 38.6 Å². The Morgan fingerprint density at radius 1 is 1.36 bits per heavy atom. The molecule has 1 aliphatic rings. The van der Waals surface area contributed by atoms with E-state index in [0.717, 1.165) is 12.0 Å². The molecular formula is C10H21N. The van der Waals surface area contributed by atoms with Gasteiger partial charge in [-0.15, -0.1) is 0 Å². The molecule has 1 N–H and O–H groups in total. The van der Waals surface area contributed by atoms with Crippen LogP contribution in [0.4, 0.5) is 0 Å². The largest absolute Gasteiger partial charge is 0.314 e. The van der Waals surface area contributed by atoms with Gasteiger partial charge in [-0.1, -0.05) is 19.8 Å². The molecule has 0 spiro atoms. The Bertz CT molecular complexity index is 95.0. The first-order chi connectivity index (χ1) is 5.34. The number of nitrogens with one attached hydrogen (secondary N) is 1. The van der Waals surface area contributed by atoms with E-state index in [2.05, 4.69) is 19.2 Å². The molecule has 0 radical (unpaired) electrons. The zero-order chi connectivity index (χ0) is 8.10. The van der Waals surface area contributed by atoms with Crippen molar-refractivity contribution in [1.29, 1.82) is 0 Å². The van der Waals surface area contributed by atoms with Crippen LogP contribution < -0.4 is 5.32 Å². The van der Waals surface area contributed by atoms with Crippen molar-refractivity contribution in [3.63, 3.8) is 0 Å². The van der Waals surface area contributed by atoms with E-state index in [9.17, 15) is 0 Å². The van der Waals surface area contributed by atoms with Crippen LogP contribution in [0, 0.1) is 5.92 Å².